The number of carboxylic acid groups (broad SMARTS) is 1. The molecule has 2 atom stereocenters. The van der Waals surface area contributed by atoms with Crippen molar-refractivity contribution in [1.29, 1.82) is 0 Å². The molecular weight excluding hydrogens is 318 g/mol. The average Bonchev–Trinajstić information content (AvgIpc) is 2.64. The number of hydrogen-bond donors (Lipinski definition) is 2. The molecule has 0 aliphatic rings. The molecule has 9 heteroatoms. The first kappa shape index (κ1) is 17.9. The fourth-order valence-corrected chi connectivity index (χ4v) is 3.77. The highest BCUT2D eigenvalue weighted by atomic mass is 32.2. The molecule has 0 saturated heterocycles. The molecular formula is C12H19NO6S2. The van der Waals surface area contributed by atoms with Gasteiger partial charge < -0.3 is 9.52 Å². The molecule has 0 spiro atoms. The predicted octanol–water partition coefficient (Wildman–Crippen LogP) is 1.03. The first-order valence-corrected chi connectivity index (χ1v) is 9.33. The summed E-state index contributed by atoms with van der Waals surface area (Å²) < 4.78 is 43.1. The van der Waals surface area contributed by atoms with Crippen molar-refractivity contribution in [2.75, 3.05) is 12.8 Å². The van der Waals surface area contributed by atoms with E-state index in [9.17, 15) is 17.4 Å². The Morgan fingerprint density at radius 1 is 1.38 bits per heavy atom. The lowest BCUT2D eigenvalue weighted by Crippen LogP contribution is -2.29. The van der Waals surface area contributed by atoms with Crippen molar-refractivity contribution in [3.63, 3.8) is 0 Å². The summed E-state index contributed by atoms with van der Waals surface area (Å²) in [6, 6.07) is 0. The lowest BCUT2D eigenvalue weighted by atomic mass is 10.2. The zero-order valence-corrected chi connectivity index (χ0v) is 13.9. The van der Waals surface area contributed by atoms with Crippen LogP contribution in [0.3, 0.4) is 0 Å². The number of nitrogens with one attached hydrogen (secondary N) is 1. The van der Waals surface area contributed by atoms with E-state index in [0.717, 1.165) is 0 Å². The first-order chi connectivity index (χ1) is 9.58. The summed E-state index contributed by atoms with van der Waals surface area (Å²) in [5.74, 6) is -1.28. The minimum Gasteiger partial charge on any atom is -0.478 e. The zero-order valence-electron chi connectivity index (χ0n) is 12.3. The minimum absolute atomic E-state index is 0.0320. The number of carboxylic acids is 1. The van der Waals surface area contributed by atoms with Crippen LogP contribution < -0.4 is 4.72 Å². The Bertz CT molecular complexity index is 662. The smallest absolute Gasteiger partial charge is 0.340 e. The van der Waals surface area contributed by atoms with Gasteiger partial charge in [0.2, 0.25) is 10.0 Å². The second-order valence-electron chi connectivity index (χ2n) is 4.72. The van der Waals surface area contributed by atoms with Crippen LogP contribution in [0.2, 0.25) is 0 Å². The largest absolute Gasteiger partial charge is 0.478 e. The third kappa shape index (κ3) is 4.14. The molecule has 0 aliphatic carbocycles. The van der Waals surface area contributed by atoms with Crippen molar-refractivity contribution in [1.82, 2.24) is 4.72 Å². The van der Waals surface area contributed by atoms with Gasteiger partial charge in [0.05, 0.1) is 0 Å². The summed E-state index contributed by atoms with van der Waals surface area (Å²) in [5.41, 5.74) is -0.355. The van der Waals surface area contributed by atoms with Gasteiger partial charge in [-0.2, -0.15) is 0 Å². The van der Waals surface area contributed by atoms with Crippen molar-refractivity contribution < 1.29 is 26.9 Å². The fourth-order valence-electron chi connectivity index (χ4n) is 1.87. The Labute approximate surface area is 126 Å². The number of carbonyl (C=O) groups is 1. The summed E-state index contributed by atoms with van der Waals surface area (Å²) >= 11 is 0. The van der Waals surface area contributed by atoms with Crippen molar-refractivity contribution in [2.24, 2.45) is 0 Å². The van der Waals surface area contributed by atoms with E-state index in [1.54, 1.807) is 13.2 Å². The lowest BCUT2D eigenvalue weighted by Gasteiger charge is -2.10. The van der Waals surface area contributed by atoms with Gasteiger partial charge >= 0.3 is 5.97 Å². The molecule has 0 aliphatic heterocycles. The molecule has 1 rings (SSSR count). The molecule has 0 saturated carbocycles. The quantitative estimate of drug-likeness (QED) is 0.768. The van der Waals surface area contributed by atoms with Crippen LogP contribution in [-0.2, 0) is 20.8 Å². The molecule has 21 heavy (non-hydrogen) atoms. The van der Waals surface area contributed by atoms with E-state index in [0.29, 0.717) is 6.42 Å². The van der Waals surface area contributed by atoms with Crippen molar-refractivity contribution in [3.8, 4) is 0 Å². The van der Waals surface area contributed by atoms with Gasteiger partial charge in [0, 0.05) is 28.9 Å². The fraction of sp³-hybridized carbons (Fsp3) is 0.583. The molecule has 0 aromatic carbocycles. The molecule has 0 amide bonds. The van der Waals surface area contributed by atoms with Gasteiger partial charge in [-0.25, -0.2) is 17.9 Å². The number of sulfonamides is 1. The Morgan fingerprint density at radius 2 is 1.95 bits per heavy atom. The van der Waals surface area contributed by atoms with Crippen LogP contribution in [0.1, 0.15) is 35.2 Å². The Balaban J connectivity index is 2.99. The van der Waals surface area contributed by atoms with Gasteiger partial charge in [0.15, 0.2) is 0 Å². The van der Waals surface area contributed by atoms with Gasteiger partial charge in [0.25, 0.3) is 0 Å². The van der Waals surface area contributed by atoms with Gasteiger partial charge in [-0.15, -0.1) is 0 Å². The average molecular weight is 337 g/mol. The molecule has 0 radical (unpaired) electrons. The van der Waals surface area contributed by atoms with Crippen LogP contribution in [0.5, 0.6) is 0 Å². The molecule has 2 N–H and O–H groups in total. The maximum absolute atomic E-state index is 12.2. The molecule has 7 nitrogen and oxygen atoms in total. The van der Waals surface area contributed by atoms with Crippen LogP contribution >= 0.6 is 0 Å². The minimum atomic E-state index is -3.99. The van der Waals surface area contributed by atoms with Crippen LogP contribution in [0.25, 0.3) is 0 Å². The Morgan fingerprint density at radius 3 is 2.43 bits per heavy atom. The first-order valence-electron chi connectivity index (χ1n) is 6.23. The second kappa shape index (κ2) is 6.71. The third-order valence-electron chi connectivity index (χ3n) is 3.10. The third-order valence-corrected chi connectivity index (χ3v) is 6.08. The lowest BCUT2D eigenvalue weighted by molar-refractivity contribution is 0.0691. The molecule has 2 unspecified atom stereocenters. The predicted molar refractivity (Wildman–Crippen MR) is 78.5 cm³/mol. The van der Waals surface area contributed by atoms with E-state index in [1.807, 2.05) is 0 Å². The highest BCUT2D eigenvalue weighted by molar-refractivity contribution is 7.89. The zero-order chi connectivity index (χ0) is 16.4. The number of aromatic carboxylic acids is 1. The van der Waals surface area contributed by atoms with E-state index in [4.69, 9.17) is 9.52 Å². The number of hydrogen-bond acceptors (Lipinski definition) is 5. The summed E-state index contributed by atoms with van der Waals surface area (Å²) in [7, 11) is -5.03. The highest BCUT2D eigenvalue weighted by Crippen LogP contribution is 2.26. The number of aryl methyl sites for hydroxylation is 2. The molecule has 1 aromatic rings. The van der Waals surface area contributed by atoms with E-state index in [2.05, 4.69) is 4.72 Å². The molecule has 1 aromatic heterocycles. The van der Waals surface area contributed by atoms with Gasteiger partial charge in [0.1, 0.15) is 22.0 Å². The van der Waals surface area contributed by atoms with Crippen LogP contribution in [0.4, 0.5) is 0 Å². The second-order valence-corrected chi connectivity index (χ2v) is 8.23. The molecule has 0 bridgehead atoms. The maximum atomic E-state index is 12.2. The van der Waals surface area contributed by atoms with Crippen molar-refractivity contribution >= 4 is 26.8 Å². The maximum Gasteiger partial charge on any atom is 0.340 e. The Hall–Kier alpha value is -1.19. The number of rotatable bonds is 7. The highest BCUT2D eigenvalue weighted by Gasteiger charge is 2.30. The molecule has 1 heterocycles. The Kier molecular flexibility index (Phi) is 5.71. The summed E-state index contributed by atoms with van der Waals surface area (Å²) in [6.45, 7) is 4.63. The standard InChI is InChI=1S/C12H19NO6S2/c1-7(20(4)16)5-6-13-21(17,18)11-9(3)19-8(2)10(11)12(14)15/h7,13H,5-6H2,1-4H3,(H,14,15). The van der Waals surface area contributed by atoms with Crippen LogP contribution in [0.15, 0.2) is 9.31 Å². The van der Waals surface area contributed by atoms with Gasteiger partial charge in [-0.3, -0.25) is 4.21 Å². The molecule has 0 fully saturated rings. The number of furan rings is 1. The summed E-state index contributed by atoms with van der Waals surface area (Å²) in [6.07, 6.45) is 1.94. The van der Waals surface area contributed by atoms with Gasteiger partial charge in [-0.1, -0.05) is 6.92 Å². The topological polar surface area (TPSA) is 114 Å². The van der Waals surface area contributed by atoms with E-state index >= 15 is 0 Å². The van der Waals surface area contributed by atoms with E-state index in [-0.39, 0.29) is 33.8 Å². The summed E-state index contributed by atoms with van der Waals surface area (Å²) in [5, 5.41) is 8.96. The van der Waals surface area contributed by atoms with Crippen molar-refractivity contribution in [3.05, 3.63) is 17.1 Å². The van der Waals surface area contributed by atoms with Gasteiger partial charge in [-0.05, 0) is 20.3 Å². The molecule has 120 valence electrons. The van der Waals surface area contributed by atoms with Crippen LogP contribution in [-0.4, -0.2) is 41.8 Å². The van der Waals surface area contributed by atoms with E-state index < -0.39 is 26.8 Å². The SMILES string of the molecule is Cc1oc(C)c(S(=O)(=O)NCCC(C)S(C)=O)c1C(=O)O. The summed E-state index contributed by atoms with van der Waals surface area (Å²) in [4.78, 5) is 10.8. The van der Waals surface area contributed by atoms with Crippen LogP contribution in [0, 0.1) is 13.8 Å². The monoisotopic (exact) mass is 337 g/mol. The van der Waals surface area contributed by atoms with E-state index in [1.165, 1.54) is 13.8 Å². The van der Waals surface area contributed by atoms with Crippen molar-refractivity contribution in [2.45, 2.75) is 37.3 Å². The normalized spacial score (nSPS) is 14.9.